The van der Waals surface area contributed by atoms with Gasteiger partial charge in [0.2, 0.25) is 17.7 Å². The van der Waals surface area contributed by atoms with Crippen LogP contribution in [0.25, 0.3) is 0 Å². The topological polar surface area (TPSA) is 101 Å². The minimum absolute atomic E-state index is 0.0472. The summed E-state index contributed by atoms with van der Waals surface area (Å²) in [5.41, 5.74) is 0. The lowest BCUT2D eigenvalue weighted by Crippen LogP contribution is -2.46. The van der Waals surface area contributed by atoms with E-state index in [1.165, 1.54) is 4.90 Å². The highest BCUT2D eigenvalue weighted by Gasteiger charge is 2.30. The zero-order valence-corrected chi connectivity index (χ0v) is 16.9. The number of piperidine rings is 1. The van der Waals surface area contributed by atoms with E-state index in [9.17, 15) is 19.2 Å². The van der Waals surface area contributed by atoms with Crippen LogP contribution in [0.15, 0.2) is 0 Å². The molecule has 0 atom stereocenters. The SMILES string of the molecule is CC(=O)N1CCC(C(=O)N2CCCN(CC(=O)O)C(=O)CCN(C)CC2)CC1. The van der Waals surface area contributed by atoms with Gasteiger partial charge in [-0.2, -0.15) is 0 Å². The van der Waals surface area contributed by atoms with E-state index in [4.69, 9.17) is 5.11 Å². The monoisotopic (exact) mass is 396 g/mol. The van der Waals surface area contributed by atoms with Gasteiger partial charge in [0, 0.05) is 65.1 Å². The lowest BCUT2D eigenvalue weighted by atomic mass is 9.95. The highest BCUT2D eigenvalue weighted by atomic mass is 16.4. The zero-order valence-electron chi connectivity index (χ0n) is 16.9. The molecular weight excluding hydrogens is 364 g/mol. The van der Waals surface area contributed by atoms with E-state index in [1.54, 1.807) is 11.8 Å². The molecule has 9 heteroatoms. The summed E-state index contributed by atoms with van der Waals surface area (Å²) in [4.78, 5) is 54.9. The second-order valence-electron chi connectivity index (χ2n) is 7.72. The molecule has 2 fully saturated rings. The molecule has 2 heterocycles. The van der Waals surface area contributed by atoms with Gasteiger partial charge in [0.1, 0.15) is 6.54 Å². The van der Waals surface area contributed by atoms with Crippen molar-refractivity contribution in [3.63, 3.8) is 0 Å². The molecule has 2 rings (SSSR count). The van der Waals surface area contributed by atoms with Gasteiger partial charge in [-0.25, -0.2) is 0 Å². The number of amides is 3. The molecule has 3 amide bonds. The number of carboxylic acid groups (broad SMARTS) is 1. The number of carboxylic acids is 1. The van der Waals surface area contributed by atoms with E-state index in [0.29, 0.717) is 65.1 Å². The molecule has 0 aliphatic carbocycles. The van der Waals surface area contributed by atoms with Crippen molar-refractivity contribution >= 4 is 23.7 Å². The molecule has 2 saturated heterocycles. The van der Waals surface area contributed by atoms with Gasteiger partial charge in [-0.05, 0) is 26.3 Å². The number of hydrogen-bond acceptors (Lipinski definition) is 5. The molecule has 0 aromatic rings. The maximum Gasteiger partial charge on any atom is 0.323 e. The first-order valence-corrected chi connectivity index (χ1v) is 10.0. The number of carbonyl (C=O) groups excluding carboxylic acids is 3. The molecule has 1 N–H and O–H groups in total. The maximum atomic E-state index is 13.0. The van der Waals surface area contributed by atoms with E-state index in [1.807, 2.05) is 16.8 Å². The van der Waals surface area contributed by atoms with Crippen molar-refractivity contribution in [2.24, 2.45) is 5.92 Å². The van der Waals surface area contributed by atoms with Crippen LogP contribution in [-0.4, -0.2) is 108 Å². The van der Waals surface area contributed by atoms with Crippen molar-refractivity contribution in [2.75, 3.05) is 59.4 Å². The van der Waals surface area contributed by atoms with Gasteiger partial charge in [0.25, 0.3) is 0 Å². The Morgan fingerprint density at radius 3 is 2.25 bits per heavy atom. The summed E-state index contributed by atoms with van der Waals surface area (Å²) >= 11 is 0. The Balaban J connectivity index is 1.99. The van der Waals surface area contributed by atoms with Crippen LogP contribution in [0.5, 0.6) is 0 Å². The Morgan fingerprint density at radius 1 is 0.964 bits per heavy atom. The third-order valence-corrected chi connectivity index (χ3v) is 5.60. The van der Waals surface area contributed by atoms with Crippen LogP contribution in [0.4, 0.5) is 0 Å². The minimum atomic E-state index is -1.03. The van der Waals surface area contributed by atoms with Gasteiger partial charge < -0.3 is 24.7 Å². The van der Waals surface area contributed by atoms with Crippen LogP contribution >= 0.6 is 0 Å². The van der Waals surface area contributed by atoms with Crippen LogP contribution < -0.4 is 0 Å². The largest absolute Gasteiger partial charge is 0.480 e. The van der Waals surface area contributed by atoms with Gasteiger partial charge in [-0.1, -0.05) is 0 Å². The molecular formula is C19H32N4O5. The van der Waals surface area contributed by atoms with Crippen molar-refractivity contribution in [2.45, 2.75) is 32.6 Å². The van der Waals surface area contributed by atoms with Crippen molar-refractivity contribution in [1.82, 2.24) is 19.6 Å². The molecule has 0 aromatic carbocycles. The second kappa shape index (κ2) is 10.4. The van der Waals surface area contributed by atoms with Gasteiger partial charge in [0.15, 0.2) is 0 Å². The van der Waals surface area contributed by atoms with Crippen LogP contribution in [-0.2, 0) is 19.2 Å². The number of likely N-dealkylation sites (N-methyl/N-ethyl adjacent to an activating group) is 1. The fourth-order valence-corrected chi connectivity index (χ4v) is 3.79. The molecule has 158 valence electrons. The van der Waals surface area contributed by atoms with Crippen molar-refractivity contribution < 1.29 is 24.3 Å². The maximum absolute atomic E-state index is 13.0. The van der Waals surface area contributed by atoms with Crippen LogP contribution in [0.2, 0.25) is 0 Å². The van der Waals surface area contributed by atoms with E-state index in [2.05, 4.69) is 0 Å². The fraction of sp³-hybridized carbons (Fsp3) is 0.789. The zero-order chi connectivity index (χ0) is 20.7. The van der Waals surface area contributed by atoms with Crippen molar-refractivity contribution in [3.05, 3.63) is 0 Å². The van der Waals surface area contributed by atoms with Crippen LogP contribution in [0.3, 0.4) is 0 Å². The quantitative estimate of drug-likeness (QED) is 0.704. The lowest BCUT2D eigenvalue weighted by molar-refractivity contribution is -0.144. The minimum Gasteiger partial charge on any atom is -0.480 e. The summed E-state index contributed by atoms with van der Waals surface area (Å²) in [6.45, 7) is 5.11. The molecule has 0 saturated carbocycles. The Hall–Kier alpha value is -2.16. The fourth-order valence-electron chi connectivity index (χ4n) is 3.79. The Morgan fingerprint density at radius 2 is 1.64 bits per heavy atom. The Bertz CT molecular complexity index is 589. The summed E-state index contributed by atoms with van der Waals surface area (Å²) < 4.78 is 0. The number of nitrogens with zero attached hydrogens (tertiary/aromatic N) is 4. The average Bonchev–Trinajstić information content (AvgIpc) is 2.69. The van der Waals surface area contributed by atoms with E-state index >= 15 is 0 Å². The molecule has 0 unspecified atom stereocenters. The molecule has 0 radical (unpaired) electrons. The van der Waals surface area contributed by atoms with Gasteiger partial charge >= 0.3 is 5.97 Å². The predicted octanol–water partition coefficient (Wildman–Crippen LogP) is -0.288. The first-order chi connectivity index (χ1) is 13.3. The molecule has 9 nitrogen and oxygen atoms in total. The van der Waals surface area contributed by atoms with E-state index < -0.39 is 5.97 Å². The Kier molecular flexibility index (Phi) is 8.22. The van der Waals surface area contributed by atoms with Crippen molar-refractivity contribution in [3.8, 4) is 0 Å². The predicted molar refractivity (Wildman–Crippen MR) is 103 cm³/mol. The number of hydrogen-bond donors (Lipinski definition) is 1. The van der Waals surface area contributed by atoms with E-state index in [-0.39, 0.29) is 36.6 Å². The van der Waals surface area contributed by atoms with Crippen LogP contribution in [0, 0.1) is 5.92 Å². The molecule has 2 aliphatic rings. The van der Waals surface area contributed by atoms with Gasteiger partial charge in [-0.3, -0.25) is 19.2 Å². The van der Waals surface area contributed by atoms with Gasteiger partial charge in [0.05, 0.1) is 0 Å². The summed E-state index contributed by atoms with van der Waals surface area (Å²) in [6.07, 6.45) is 2.19. The first-order valence-electron chi connectivity index (χ1n) is 10.0. The summed E-state index contributed by atoms with van der Waals surface area (Å²) in [5, 5.41) is 9.05. The molecule has 28 heavy (non-hydrogen) atoms. The van der Waals surface area contributed by atoms with Crippen molar-refractivity contribution in [1.29, 1.82) is 0 Å². The third-order valence-electron chi connectivity index (χ3n) is 5.60. The second-order valence-corrected chi connectivity index (χ2v) is 7.72. The Labute approximate surface area is 166 Å². The summed E-state index contributed by atoms with van der Waals surface area (Å²) in [6, 6.07) is 0. The van der Waals surface area contributed by atoms with Gasteiger partial charge in [-0.15, -0.1) is 0 Å². The summed E-state index contributed by atoms with van der Waals surface area (Å²) in [5.74, 6) is -1.12. The number of likely N-dealkylation sites (tertiary alicyclic amines) is 1. The first kappa shape index (κ1) is 22.1. The molecule has 2 aliphatic heterocycles. The molecule has 0 bridgehead atoms. The third kappa shape index (κ3) is 6.47. The number of rotatable bonds is 3. The summed E-state index contributed by atoms with van der Waals surface area (Å²) in [7, 11) is 1.90. The standard InChI is InChI=1S/C19H32N4O5/c1-15(24)21-10-4-16(5-11-21)19(28)22-7-3-8-23(14-18(26)27)17(25)6-9-20(2)12-13-22/h16H,3-14H2,1-2H3,(H,26,27). The molecule has 0 aromatic heterocycles. The average molecular weight is 396 g/mol. The van der Waals surface area contributed by atoms with E-state index in [0.717, 1.165) is 0 Å². The highest BCUT2D eigenvalue weighted by molar-refractivity contribution is 5.81. The normalized spacial score (nSPS) is 21.4. The molecule has 0 spiro atoms. The number of aliphatic carboxylic acids is 1. The highest BCUT2D eigenvalue weighted by Crippen LogP contribution is 2.20. The number of carbonyl (C=O) groups is 4. The van der Waals surface area contributed by atoms with Crippen LogP contribution in [0.1, 0.15) is 32.6 Å². The smallest absolute Gasteiger partial charge is 0.323 e. The lowest BCUT2D eigenvalue weighted by Gasteiger charge is -2.34.